The number of aromatic amines is 1. The van der Waals surface area contributed by atoms with Crippen LogP contribution in [-0.2, 0) is 29.0 Å². The van der Waals surface area contributed by atoms with Crippen LogP contribution in [0, 0.1) is 0 Å². The Labute approximate surface area is 176 Å². The number of nitrogens with one attached hydrogen (secondary N) is 1. The molecule has 0 saturated heterocycles. The minimum Gasteiger partial charge on any atom is -0.342 e. The molecule has 1 heterocycles. The van der Waals surface area contributed by atoms with Crippen LogP contribution in [-0.4, -0.2) is 18.4 Å². The van der Waals surface area contributed by atoms with Crippen LogP contribution in [0.1, 0.15) is 17.0 Å². The number of nitrogens with two attached hydrogens (primary N) is 1. The number of fused-ring (bicyclic) bond motifs is 1. The Morgan fingerprint density at radius 3 is 2.39 bits per heavy atom. The highest BCUT2D eigenvalue weighted by Gasteiger charge is 2.32. The lowest BCUT2D eigenvalue weighted by molar-refractivity contribution is -0.138. The van der Waals surface area contributed by atoms with Crippen molar-refractivity contribution in [3.05, 3.63) is 83.7 Å². The molecule has 5 nitrogen and oxygen atoms in total. The first-order chi connectivity index (χ1) is 14.6. The molecule has 0 aliphatic heterocycles. The van der Waals surface area contributed by atoms with Crippen molar-refractivity contribution in [1.82, 2.24) is 9.97 Å². The molecule has 0 radical (unpaired) electrons. The van der Waals surface area contributed by atoms with Crippen molar-refractivity contribution < 1.29 is 21.6 Å². The van der Waals surface area contributed by atoms with Gasteiger partial charge in [-0.1, -0.05) is 42.5 Å². The van der Waals surface area contributed by atoms with Gasteiger partial charge in [0.1, 0.15) is 5.82 Å². The highest BCUT2D eigenvalue weighted by atomic mass is 32.2. The average molecular weight is 445 g/mol. The van der Waals surface area contributed by atoms with Crippen molar-refractivity contribution in [3.63, 3.8) is 0 Å². The molecule has 31 heavy (non-hydrogen) atoms. The van der Waals surface area contributed by atoms with E-state index in [0.29, 0.717) is 34.4 Å². The van der Waals surface area contributed by atoms with Gasteiger partial charge in [-0.2, -0.15) is 13.2 Å². The van der Waals surface area contributed by atoms with Gasteiger partial charge in [-0.05, 0) is 41.8 Å². The van der Waals surface area contributed by atoms with Crippen LogP contribution < -0.4 is 5.14 Å². The summed E-state index contributed by atoms with van der Waals surface area (Å²) in [5.41, 5.74) is 1.94. The van der Waals surface area contributed by atoms with Crippen LogP contribution >= 0.6 is 0 Å². The first-order valence-electron chi connectivity index (χ1n) is 9.39. The van der Waals surface area contributed by atoms with Gasteiger partial charge in [0.25, 0.3) is 0 Å². The van der Waals surface area contributed by atoms with Gasteiger partial charge < -0.3 is 4.98 Å². The van der Waals surface area contributed by atoms with Crippen molar-refractivity contribution in [2.24, 2.45) is 5.14 Å². The Kier molecular flexibility index (Phi) is 5.32. The molecule has 3 aromatic carbocycles. The largest absolute Gasteiger partial charge is 0.416 e. The SMILES string of the molecule is NS(=O)(=O)c1ccccc1-c1ccc2nc(CCc3ccccc3C(F)(F)F)[nH]c2c1. The topological polar surface area (TPSA) is 88.8 Å². The van der Waals surface area contributed by atoms with E-state index in [1.54, 1.807) is 42.5 Å². The van der Waals surface area contributed by atoms with Crippen LogP contribution in [0.25, 0.3) is 22.2 Å². The molecule has 160 valence electrons. The number of hydrogen-bond donors (Lipinski definition) is 2. The van der Waals surface area contributed by atoms with E-state index in [9.17, 15) is 21.6 Å². The van der Waals surface area contributed by atoms with Crippen molar-refractivity contribution in [2.75, 3.05) is 0 Å². The molecule has 0 aliphatic carbocycles. The van der Waals surface area contributed by atoms with Crippen LogP contribution in [0.15, 0.2) is 71.6 Å². The molecule has 0 amide bonds. The van der Waals surface area contributed by atoms with E-state index in [0.717, 1.165) is 6.07 Å². The summed E-state index contributed by atoms with van der Waals surface area (Å²) in [7, 11) is -3.90. The number of benzene rings is 3. The smallest absolute Gasteiger partial charge is 0.342 e. The predicted molar refractivity (Wildman–Crippen MR) is 112 cm³/mol. The lowest BCUT2D eigenvalue weighted by atomic mass is 10.0. The molecule has 0 bridgehead atoms. The molecule has 0 spiro atoms. The maximum absolute atomic E-state index is 13.2. The molecule has 0 fully saturated rings. The van der Waals surface area contributed by atoms with E-state index in [4.69, 9.17) is 5.14 Å². The summed E-state index contributed by atoms with van der Waals surface area (Å²) in [6.07, 6.45) is -3.93. The number of H-pyrrole nitrogens is 1. The third kappa shape index (κ3) is 4.47. The van der Waals surface area contributed by atoms with Gasteiger partial charge in [0, 0.05) is 12.0 Å². The number of halogens is 3. The molecule has 1 aromatic heterocycles. The first kappa shape index (κ1) is 21.1. The number of alkyl halides is 3. The molecule has 3 N–H and O–H groups in total. The third-order valence-corrected chi connectivity index (χ3v) is 5.96. The quantitative estimate of drug-likeness (QED) is 0.467. The second kappa shape index (κ2) is 7.82. The van der Waals surface area contributed by atoms with Crippen LogP contribution in [0.2, 0.25) is 0 Å². The molecule has 0 aliphatic rings. The fraction of sp³-hybridized carbons (Fsp3) is 0.136. The summed E-state index contributed by atoms with van der Waals surface area (Å²) in [5.74, 6) is 0.545. The van der Waals surface area contributed by atoms with Gasteiger partial charge in [-0.15, -0.1) is 0 Å². The molecule has 4 rings (SSSR count). The Bertz CT molecular complexity index is 1360. The Balaban J connectivity index is 1.63. The number of hydrogen-bond acceptors (Lipinski definition) is 3. The number of sulfonamides is 1. The van der Waals surface area contributed by atoms with E-state index in [1.807, 2.05) is 0 Å². The second-order valence-electron chi connectivity index (χ2n) is 7.11. The van der Waals surface area contributed by atoms with Gasteiger partial charge in [0.2, 0.25) is 10.0 Å². The van der Waals surface area contributed by atoms with Gasteiger partial charge in [-0.3, -0.25) is 0 Å². The fourth-order valence-electron chi connectivity index (χ4n) is 3.57. The van der Waals surface area contributed by atoms with Gasteiger partial charge in [-0.25, -0.2) is 18.5 Å². The van der Waals surface area contributed by atoms with Crippen molar-refractivity contribution in [2.45, 2.75) is 23.9 Å². The number of primary sulfonamides is 1. The molecule has 0 saturated carbocycles. The summed E-state index contributed by atoms with van der Waals surface area (Å²) in [6.45, 7) is 0. The second-order valence-corrected chi connectivity index (χ2v) is 8.64. The molecular weight excluding hydrogens is 427 g/mol. The molecule has 0 atom stereocenters. The zero-order valence-electron chi connectivity index (χ0n) is 16.1. The monoisotopic (exact) mass is 445 g/mol. The maximum atomic E-state index is 13.2. The molecule has 0 unspecified atom stereocenters. The number of aryl methyl sites for hydroxylation is 2. The highest BCUT2D eigenvalue weighted by Crippen LogP contribution is 2.33. The van der Waals surface area contributed by atoms with E-state index in [1.165, 1.54) is 18.2 Å². The Morgan fingerprint density at radius 1 is 0.935 bits per heavy atom. The van der Waals surface area contributed by atoms with E-state index < -0.39 is 21.8 Å². The minimum absolute atomic E-state index is 0.0119. The summed E-state index contributed by atoms with van der Waals surface area (Å²) >= 11 is 0. The highest BCUT2D eigenvalue weighted by molar-refractivity contribution is 7.89. The number of aromatic nitrogens is 2. The lowest BCUT2D eigenvalue weighted by Crippen LogP contribution is -2.13. The lowest BCUT2D eigenvalue weighted by Gasteiger charge is -2.11. The summed E-state index contributed by atoms with van der Waals surface area (Å²) in [4.78, 5) is 7.58. The molecular formula is C22H18F3N3O2S. The number of rotatable bonds is 5. The van der Waals surface area contributed by atoms with Crippen LogP contribution in [0.4, 0.5) is 13.2 Å². The van der Waals surface area contributed by atoms with Gasteiger partial charge in [0.15, 0.2) is 0 Å². The van der Waals surface area contributed by atoms with Crippen molar-refractivity contribution >= 4 is 21.1 Å². The van der Waals surface area contributed by atoms with Crippen LogP contribution in [0.5, 0.6) is 0 Å². The Hall–Kier alpha value is -3.17. The normalized spacial score (nSPS) is 12.4. The van der Waals surface area contributed by atoms with Crippen molar-refractivity contribution in [1.29, 1.82) is 0 Å². The zero-order valence-corrected chi connectivity index (χ0v) is 17.0. The standard InChI is InChI=1S/C22H18F3N3O2S/c23-22(24,25)17-7-3-1-5-14(17)10-12-21-27-18-11-9-15(13-19(18)28-21)16-6-2-4-8-20(16)31(26,29)30/h1-9,11,13H,10,12H2,(H,27,28)(H2,26,29,30). The average Bonchev–Trinajstić information content (AvgIpc) is 3.13. The van der Waals surface area contributed by atoms with Gasteiger partial charge in [0.05, 0.1) is 21.5 Å². The van der Waals surface area contributed by atoms with Crippen molar-refractivity contribution in [3.8, 4) is 11.1 Å². The fourth-order valence-corrected chi connectivity index (χ4v) is 4.33. The minimum atomic E-state index is -4.41. The first-order valence-corrected chi connectivity index (χ1v) is 10.9. The maximum Gasteiger partial charge on any atom is 0.416 e. The summed E-state index contributed by atoms with van der Waals surface area (Å²) in [5, 5.41) is 5.32. The predicted octanol–water partition coefficient (Wildman–Crippen LogP) is 4.68. The molecule has 9 heteroatoms. The van der Waals surface area contributed by atoms with E-state index in [-0.39, 0.29) is 16.9 Å². The zero-order chi connectivity index (χ0) is 22.2. The van der Waals surface area contributed by atoms with Crippen LogP contribution in [0.3, 0.4) is 0 Å². The van der Waals surface area contributed by atoms with E-state index >= 15 is 0 Å². The summed E-state index contributed by atoms with van der Waals surface area (Å²) < 4.78 is 63.3. The third-order valence-electron chi connectivity index (χ3n) is 4.99. The van der Waals surface area contributed by atoms with E-state index in [2.05, 4.69) is 9.97 Å². The van der Waals surface area contributed by atoms with Gasteiger partial charge >= 0.3 is 6.18 Å². The molecule has 4 aromatic rings. The number of nitrogens with zero attached hydrogens (tertiary/aromatic N) is 1. The Morgan fingerprint density at radius 2 is 1.65 bits per heavy atom. The summed E-state index contributed by atoms with van der Waals surface area (Å²) in [6, 6.07) is 17.1. The number of imidazole rings is 1.